The zero-order valence-corrected chi connectivity index (χ0v) is 75.1. The van der Waals surface area contributed by atoms with Crippen molar-refractivity contribution in [1.29, 1.82) is 0 Å². The molecule has 0 radical (unpaired) electrons. The summed E-state index contributed by atoms with van der Waals surface area (Å²) in [7, 11) is 0.267. The van der Waals surface area contributed by atoms with Gasteiger partial charge in [-0.25, -0.2) is 0 Å². The summed E-state index contributed by atoms with van der Waals surface area (Å²) in [4.78, 5) is 1.21. The van der Waals surface area contributed by atoms with Crippen LogP contribution in [-0.2, 0) is 47.1 Å². The Hall–Kier alpha value is -14.3. The molecule has 28 rings (SSSR count). The minimum absolute atomic E-state index is 0.532. The number of thioether (sulfide) groups is 1. The predicted molar refractivity (Wildman–Crippen MR) is 510 cm³/mol. The van der Waals surface area contributed by atoms with Gasteiger partial charge in [-0.1, -0.05) is 135 Å². The van der Waals surface area contributed by atoms with Crippen molar-refractivity contribution in [3.63, 3.8) is 0 Å². The molecule has 622 valence electrons. The van der Waals surface area contributed by atoms with E-state index in [1.807, 2.05) is 18.3 Å². The molecule has 0 fully saturated rings. The third-order valence-corrected chi connectivity index (χ3v) is 29.1. The number of hydrogen-bond acceptors (Lipinski definition) is 9. The van der Waals surface area contributed by atoms with Crippen molar-refractivity contribution >= 4 is 177 Å². The Balaban J connectivity index is 0.0000000875. The SMILES string of the molecule is COc1ccc2ccc3ccc[n+]4c3c2c1OC4.CSc1ccc2ccc3ccc[n+]4c3c2c1OC4.C[Si](C)(C)c1ccc2ccc3ccc[n+]4c3c2c1OC4.Cc1ccc2ccc3ccc(C)[n+]4c3c2c1OC4.Cc1ccc2ccc3ccc(C)[n+]4c3c2c1OC4.Cc1ccc2ccc3ccc(C)[n+]4c3c2c1OC4.Cc1ccc2ccc3ccc[n+]4c3c2c1OC4. The van der Waals surface area contributed by atoms with Crippen LogP contribution in [0.1, 0.15) is 39.3 Å². The van der Waals surface area contributed by atoms with Crippen molar-refractivity contribution in [2.75, 3.05) is 13.4 Å². The van der Waals surface area contributed by atoms with Crippen molar-refractivity contribution in [2.45, 2.75) is 120 Å². The lowest BCUT2D eigenvalue weighted by molar-refractivity contribution is -0.707. The normalized spacial score (nSPS) is 13.3. The van der Waals surface area contributed by atoms with Gasteiger partial charge in [0.05, 0.1) is 52.4 Å². The first kappa shape index (κ1) is 78.7. The van der Waals surface area contributed by atoms with E-state index >= 15 is 0 Å². The number of benzene rings is 14. The Labute approximate surface area is 740 Å². The fourth-order valence-electron chi connectivity index (χ4n) is 19.8. The molecule has 0 unspecified atom stereocenters. The van der Waals surface area contributed by atoms with E-state index in [2.05, 4.69) is 368 Å². The Morgan fingerprint density at radius 2 is 0.496 bits per heavy atom. The van der Waals surface area contributed by atoms with E-state index in [4.69, 9.17) is 37.9 Å². The first-order valence-corrected chi connectivity index (χ1v) is 48.2. The number of rotatable bonds is 3. The number of nitrogens with zero attached hydrogens (tertiary/aromatic N) is 7. The topological polar surface area (TPSA) is 101 Å². The molecule has 0 saturated heterocycles. The molecule has 127 heavy (non-hydrogen) atoms. The second kappa shape index (κ2) is 31.1. The molecule has 0 saturated carbocycles. The van der Waals surface area contributed by atoms with E-state index in [-0.39, 0.29) is 0 Å². The predicted octanol–water partition coefficient (Wildman–Crippen LogP) is 21.8. The second-order valence-electron chi connectivity index (χ2n) is 35.0. The molecule has 17 heteroatoms. The summed E-state index contributed by atoms with van der Waals surface area (Å²) in [6, 6.07) is 90.5. The standard InChI is InChI=1S/C17H18NOSi.3C16H14NO.C15H12NO2.C15H12NOS.C15H12NO/c1-20(2,3)14-9-8-12-6-7-13-5-4-10-18-11-19-17(14)15(12)16(13)18;3*1-10-3-5-12-7-8-13-6-4-11(2)17-9-18-16(10)14(12)15(13)17;1-17-12-7-6-10-4-5-11-3-2-8-16-9-18-15(12)13(10)14(11)16;1-18-12-7-6-10-4-5-11-3-2-8-16-9-17-15(12)13(10)14(11)16;1-10-4-5-11-6-7-12-3-2-8-16-9-17-15(10)13(11)14(12)16/h4-10H,11H2,1-3H3;3*3-8H,9H2,1-2H3;2*2-8H,9H2,1H3;2-8H,9H2,1H3/q7*+1. The zero-order chi connectivity index (χ0) is 86.4. The van der Waals surface area contributed by atoms with Gasteiger partial charge in [-0.15, -0.1) is 11.8 Å². The molecule has 0 N–H and O–H groups in total. The van der Waals surface area contributed by atoms with Crippen LogP contribution in [0.25, 0.3) is 152 Å². The molecule has 7 aliphatic heterocycles. The smallest absolute Gasteiger partial charge is 0.292 e. The van der Waals surface area contributed by atoms with Crippen LogP contribution in [0.2, 0.25) is 19.6 Å². The third-order valence-electron chi connectivity index (χ3n) is 26.3. The summed E-state index contributed by atoms with van der Waals surface area (Å²) in [5.74, 6) is 7.99. The quantitative estimate of drug-likeness (QED) is 0.0741. The largest absolute Gasteiger partial charge is 0.493 e. The molecular weight excluding hydrogens is 1610 g/mol. The van der Waals surface area contributed by atoms with Gasteiger partial charge >= 0.3 is 0 Å². The van der Waals surface area contributed by atoms with Crippen LogP contribution in [-0.4, -0.2) is 21.4 Å². The molecule has 7 aromatic heterocycles. The number of aromatic nitrogens is 7. The van der Waals surface area contributed by atoms with Crippen LogP contribution in [0.4, 0.5) is 0 Å². The van der Waals surface area contributed by atoms with Crippen LogP contribution in [0.15, 0.2) is 284 Å². The van der Waals surface area contributed by atoms with Gasteiger partial charge in [0.15, 0.2) is 59.1 Å². The van der Waals surface area contributed by atoms with Crippen LogP contribution < -0.4 is 75.1 Å². The molecule has 0 spiro atoms. The number of aryl methyl sites for hydroxylation is 7. The molecule has 15 nitrogen and oxygen atoms in total. The lowest BCUT2D eigenvalue weighted by Gasteiger charge is -2.24. The lowest BCUT2D eigenvalue weighted by Crippen LogP contribution is -2.44. The molecule has 14 aromatic carbocycles. The van der Waals surface area contributed by atoms with E-state index in [0.717, 1.165) is 51.4 Å². The first-order chi connectivity index (χ1) is 61.9. The number of ether oxygens (including phenoxy) is 8. The van der Waals surface area contributed by atoms with Gasteiger partial charge < -0.3 is 37.9 Å². The molecule has 0 atom stereocenters. The average Bonchev–Trinajstić information content (AvgIpc) is 0.706. The van der Waals surface area contributed by atoms with Crippen LogP contribution in [0.3, 0.4) is 0 Å². The van der Waals surface area contributed by atoms with Gasteiger partial charge in [0, 0.05) is 101 Å². The fraction of sp³-hybridized carbons (Fsp3) is 0.173. The summed E-state index contributed by atoms with van der Waals surface area (Å²) in [6.07, 6.45) is 10.4. The third kappa shape index (κ3) is 13.2. The maximum Gasteiger partial charge on any atom is 0.292 e. The summed E-state index contributed by atoms with van der Waals surface area (Å²) >= 11 is 1.74. The molecule has 14 heterocycles. The van der Waals surface area contributed by atoms with Crippen molar-refractivity contribution in [3.05, 3.63) is 319 Å². The highest BCUT2D eigenvalue weighted by Gasteiger charge is 2.34. The fourth-order valence-corrected chi connectivity index (χ4v) is 21.8. The lowest BCUT2D eigenvalue weighted by atomic mass is 10.0. The van der Waals surface area contributed by atoms with E-state index in [9.17, 15) is 0 Å². The highest BCUT2D eigenvalue weighted by Crippen LogP contribution is 2.45. The maximum absolute atomic E-state index is 6.14. The molecule has 0 bridgehead atoms. The Bertz CT molecular complexity index is 7630. The Morgan fingerprint density at radius 1 is 0.252 bits per heavy atom. The van der Waals surface area contributed by atoms with Crippen molar-refractivity contribution in [2.24, 2.45) is 0 Å². The molecule has 7 aliphatic rings. The highest BCUT2D eigenvalue weighted by molar-refractivity contribution is 7.98. The zero-order valence-electron chi connectivity index (χ0n) is 73.3. The Morgan fingerprint density at radius 3 is 0.835 bits per heavy atom. The molecule has 0 amide bonds. The average molecular weight is 1700 g/mol. The van der Waals surface area contributed by atoms with E-state index < -0.39 is 8.07 Å². The van der Waals surface area contributed by atoms with Crippen LogP contribution in [0.5, 0.6) is 46.0 Å². The van der Waals surface area contributed by atoms with Crippen LogP contribution in [0, 0.1) is 48.5 Å². The molecular formula is C110H96N7O8SSi+7. The molecule has 0 aliphatic carbocycles. The van der Waals surface area contributed by atoms with Crippen molar-refractivity contribution in [1.82, 2.24) is 0 Å². The number of hydrogen-bond donors (Lipinski definition) is 0. The first-order valence-electron chi connectivity index (χ1n) is 43.5. The minimum atomic E-state index is -1.41. The van der Waals surface area contributed by atoms with E-state index in [0.29, 0.717) is 47.1 Å². The highest BCUT2D eigenvalue weighted by atomic mass is 32.2. The maximum atomic E-state index is 6.14. The van der Waals surface area contributed by atoms with Crippen molar-refractivity contribution in [3.8, 4) is 46.0 Å². The van der Waals surface area contributed by atoms with Crippen LogP contribution >= 0.6 is 11.8 Å². The summed E-state index contributed by atoms with van der Waals surface area (Å²) in [6.45, 7) is 26.1. The summed E-state index contributed by atoms with van der Waals surface area (Å²) < 4.78 is 62.5. The second-order valence-corrected chi connectivity index (χ2v) is 40.9. The summed E-state index contributed by atoms with van der Waals surface area (Å²) in [5, 5.41) is 27.7. The van der Waals surface area contributed by atoms with E-state index in [1.165, 1.54) is 196 Å². The monoisotopic (exact) mass is 1700 g/mol. The van der Waals surface area contributed by atoms with Gasteiger partial charge in [0.25, 0.3) is 47.1 Å². The van der Waals surface area contributed by atoms with Gasteiger partial charge in [-0.2, -0.15) is 32.0 Å². The van der Waals surface area contributed by atoms with Gasteiger partial charge in [0.2, 0.25) is 38.6 Å². The van der Waals surface area contributed by atoms with E-state index in [1.54, 1.807) is 18.9 Å². The van der Waals surface area contributed by atoms with Crippen molar-refractivity contribution < 1.29 is 69.9 Å². The minimum Gasteiger partial charge on any atom is -0.493 e. The molecule has 21 aromatic rings. The van der Waals surface area contributed by atoms with Gasteiger partial charge in [-0.05, 0) is 196 Å². The number of methoxy groups -OCH3 is 1. The number of pyridine rings is 7. The Kier molecular flexibility index (Phi) is 19.3. The summed E-state index contributed by atoms with van der Waals surface area (Å²) in [5.41, 5.74) is 17.6. The van der Waals surface area contributed by atoms with Gasteiger partial charge in [0.1, 0.15) is 34.1 Å². The van der Waals surface area contributed by atoms with Gasteiger partial charge in [-0.3, -0.25) is 0 Å².